The van der Waals surface area contributed by atoms with E-state index in [0.29, 0.717) is 23.8 Å². The number of nitrogens with one attached hydrogen (secondary N) is 1. The van der Waals surface area contributed by atoms with Gasteiger partial charge in [-0.05, 0) is 37.1 Å². The van der Waals surface area contributed by atoms with E-state index in [9.17, 15) is 5.11 Å². The highest BCUT2D eigenvalue weighted by molar-refractivity contribution is 4.82. The molecule has 1 saturated carbocycles. The van der Waals surface area contributed by atoms with Crippen LogP contribution >= 0.6 is 0 Å². The quantitative estimate of drug-likeness (QED) is 0.757. The lowest BCUT2D eigenvalue weighted by molar-refractivity contribution is 0.0851. The van der Waals surface area contributed by atoms with Gasteiger partial charge in [0, 0.05) is 6.04 Å². The first kappa shape index (κ1) is 14.0. The Bertz CT molecular complexity index is 183. The molecule has 0 heterocycles. The topological polar surface area (TPSA) is 32.3 Å². The molecular formula is C14H29NO. The van der Waals surface area contributed by atoms with E-state index >= 15 is 0 Å². The molecule has 1 aliphatic rings. The molecule has 16 heavy (non-hydrogen) atoms. The van der Waals surface area contributed by atoms with Crippen LogP contribution in [0.4, 0.5) is 0 Å². The van der Waals surface area contributed by atoms with Crippen molar-refractivity contribution in [2.45, 2.75) is 65.5 Å². The van der Waals surface area contributed by atoms with Gasteiger partial charge in [0.1, 0.15) is 0 Å². The molecule has 0 radical (unpaired) electrons. The Kier molecular flexibility index (Phi) is 5.77. The van der Waals surface area contributed by atoms with Crippen LogP contribution in [-0.4, -0.2) is 23.8 Å². The summed E-state index contributed by atoms with van der Waals surface area (Å²) in [7, 11) is 0. The lowest BCUT2D eigenvalue weighted by atomic mass is 9.84. The summed E-state index contributed by atoms with van der Waals surface area (Å²) in [5, 5.41) is 13.5. The molecule has 0 spiro atoms. The third-order valence-electron chi connectivity index (χ3n) is 4.06. The van der Waals surface area contributed by atoms with E-state index in [4.69, 9.17) is 0 Å². The monoisotopic (exact) mass is 227 g/mol. The van der Waals surface area contributed by atoms with Gasteiger partial charge in [0.15, 0.2) is 0 Å². The highest BCUT2D eigenvalue weighted by atomic mass is 16.3. The summed E-state index contributed by atoms with van der Waals surface area (Å²) in [4.78, 5) is 0. The molecule has 2 nitrogen and oxygen atoms in total. The lowest BCUT2D eigenvalue weighted by Crippen LogP contribution is -2.45. The maximum absolute atomic E-state index is 9.90. The van der Waals surface area contributed by atoms with E-state index in [-0.39, 0.29) is 6.10 Å². The van der Waals surface area contributed by atoms with Crippen LogP contribution in [0.1, 0.15) is 53.4 Å². The summed E-state index contributed by atoms with van der Waals surface area (Å²) in [6.45, 7) is 10.2. The number of hydrogen-bond acceptors (Lipinski definition) is 2. The minimum absolute atomic E-state index is 0.117. The molecular weight excluding hydrogens is 198 g/mol. The number of hydrogen-bond donors (Lipinski definition) is 2. The van der Waals surface area contributed by atoms with Gasteiger partial charge in [-0.15, -0.1) is 0 Å². The second-order valence-electron chi connectivity index (χ2n) is 6.02. The van der Waals surface area contributed by atoms with Crippen LogP contribution in [-0.2, 0) is 0 Å². The van der Waals surface area contributed by atoms with Crippen LogP contribution in [0.3, 0.4) is 0 Å². The predicted molar refractivity (Wildman–Crippen MR) is 69.4 cm³/mol. The normalized spacial score (nSPS) is 27.0. The van der Waals surface area contributed by atoms with Gasteiger partial charge < -0.3 is 10.4 Å². The smallest absolute Gasteiger partial charge is 0.0693 e. The highest BCUT2D eigenvalue weighted by Crippen LogP contribution is 2.22. The summed E-state index contributed by atoms with van der Waals surface area (Å²) < 4.78 is 0. The van der Waals surface area contributed by atoms with Gasteiger partial charge in [0.25, 0.3) is 0 Å². The Labute approximate surface area is 101 Å². The minimum Gasteiger partial charge on any atom is -0.392 e. The van der Waals surface area contributed by atoms with Crippen molar-refractivity contribution in [3.8, 4) is 0 Å². The molecule has 2 heteroatoms. The molecule has 0 unspecified atom stereocenters. The SMILES string of the molecule is CC(C)C(CN[C@H]1CCCC[C@@H]1O)C(C)C. The van der Waals surface area contributed by atoms with Crippen LogP contribution in [0.2, 0.25) is 0 Å². The first-order valence-corrected chi connectivity index (χ1v) is 6.93. The molecule has 0 aromatic carbocycles. The van der Waals surface area contributed by atoms with Crippen molar-refractivity contribution in [2.24, 2.45) is 17.8 Å². The first-order chi connectivity index (χ1) is 7.52. The second-order valence-corrected chi connectivity index (χ2v) is 6.02. The molecule has 96 valence electrons. The maximum atomic E-state index is 9.90. The van der Waals surface area contributed by atoms with Crippen molar-refractivity contribution in [3.05, 3.63) is 0 Å². The Morgan fingerprint density at radius 2 is 1.62 bits per heavy atom. The first-order valence-electron chi connectivity index (χ1n) is 6.93. The summed E-state index contributed by atoms with van der Waals surface area (Å²) in [5.41, 5.74) is 0. The highest BCUT2D eigenvalue weighted by Gasteiger charge is 2.24. The Hall–Kier alpha value is -0.0800. The van der Waals surface area contributed by atoms with E-state index in [1.54, 1.807) is 0 Å². The van der Waals surface area contributed by atoms with Crippen molar-refractivity contribution in [3.63, 3.8) is 0 Å². The zero-order valence-corrected chi connectivity index (χ0v) is 11.4. The third-order valence-corrected chi connectivity index (χ3v) is 4.06. The van der Waals surface area contributed by atoms with Crippen LogP contribution in [0.5, 0.6) is 0 Å². The Morgan fingerprint density at radius 3 is 2.12 bits per heavy atom. The van der Waals surface area contributed by atoms with Gasteiger partial charge in [-0.1, -0.05) is 40.5 Å². The Balaban J connectivity index is 2.36. The average molecular weight is 227 g/mol. The standard InChI is InChI=1S/C14H29NO/c1-10(2)12(11(3)4)9-15-13-7-5-6-8-14(13)16/h10-16H,5-9H2,1-4H3/t13-,14-/m0/s1. The fraction of sp³-hybridized carbons (Fsp3) is 1.00. The second kappa shape index (κ2) is 6.61. The van der Waals surface area contributed by atoms with E-state index in [1.807, 2.05) is 0 Å². The number of aliphatic hydroxyl groups is 1. The van der Waals surface area contributed by atoms with Crippen molar-refractivity contribution < 1.29 is 5.11 Å². The molecule has 0 bridgehead atoms. The zero-order chi connectivity index (χ0) is 12.1. The summed E-state index contributed by atoms with van der Waals surface area (Å²) >= 11 is 0. The molecule has 0 aromatic rings. The van der Waals surface area contributed by atoms with Crippen LogP contribution in [0, 0.1) is 17.8 Å². The van der Waals surface area contributed by atoms with E-state index in [0.717, 1.165) is 19.4 Å². The number of rotatable bonds is 5. The molecule has 0 saturated heterocycles. The summed E-state index contributed by atoms with van der Waals surface area (Å²) in [6.07, 6.45) is 4.46. The predicted octanol–water partition coefficient (Wildman–Crippen LogP) is 2.81. The van der Waals surface area contributed by atoms with E-state index < -0.39 is 0 Å². The van der Waals surface area contributed by atoms with Gasteiger partial charge in [-0.3, -0.25) is 0 Å². The molecule has 0 aromatic heterocycles. The summed E-state index contributed by atoms with van der Waals surface area (Å²) in [6, 6.07) is 0.341. The van der Waals surface area contributed by atoms with Gasteiger partial charge >= 0.3 is 0 Å². The van der Waals surface area contributed by atoms with Gasteiger partial charge in [0.05, 0.1) is 6.10 Å². The van der Waals surface area contributed by atoms with Crippen LogP contribution in [0.15, 0.2) is 0 Å². The molecule has 2 N–H and O–H groups in total. The van der Waals surface area contributed by atoms with Crippen molar-refractivity contribution in [1.29, 1.82) is 0 Å². The average Bonchev–Trinajstić information content (AvgIpc) is 2.20. The van der Waals surface area contributed by atoms with Gasteiger partial charge in [0.2, 0.25) is 0 Å². The number of aliphatic hydroxyl groups excluding tert-OH is 1. The van der Waals surface area contributed by atoms with E-state index in [1.165, 1.54) is 12.8 Å². The molecule has 1 rings (SSSR count). The lowest BCUT2D eigenvalue weighted by Gasteiger charge is -2.32. The molecule has 1 fully saturated rings. The third kappa shape index (κ3) is 4.06. The molecule has 1 aliphatic carbocycles. The molecule has 0 amide bonds. The fourth-order valence-electron chi connectivity index (χ4n) is 2.88. The largest absolute Gasteiger partial charge is 0.392 e. The zero-order valence-electron chi connectivity index (χ0n) is 11.4. The van der Waals surface area contributed by atoms with Crippen molar-refractivity contribution >= 4 is 0 Å². The van der Waals surface area contributed by atoms with Gasteiger partial charge in [-0.2, -0.15) is 0 Å². The van der Waals surface area contributed by atoms with Crippen molar-refractivity contribution in [2.75, 3.05) is 6.54 Å². The Morgan fingerprint density at radius 1 is 1.06 bits per heavy atom. The van der Waals surface area contributed by atoms with Crippen LogP contribution < -0.4 is 5.32 Å². The van der Waals surface area contributed by atoms with Crippen LogP contribution in [0.25, 0.3) is 0 Å². The minimum atomic E-state index is -0.117. The molecule has 2 atom stereocenters. The molecule has 0 aliphatic heterocycles. The summed E-state index contributed by atoms with van der Waals surface area (Å²) in [5.74, 6) is 2.15. The van der Waals surface area contributed by atoms with Gasteiger partial charge in [-0.25, -0.2) is 0 Å². The fourth-order valence-corrected chi connectivity index (χ4v) is 2.88. The van der Waals surface area contributed by atoms with E-state index in [2.05, 4.69) is 33.0 Å². The van der Waals surface area contributed by atoms with Crippen molar-refractivity contribution in [1.82, 2.24) is 5.32 Å². The maximum Gasteiger partial charge on any atom is 0.0693 e.